The molecule has 1 aliphatic rings. The van der Waals surface area contributed by atoms with Gasteiger partial charge in [-0.2, -0.15) is 0 Å². The largest absolute Gasteiger partial charge is 0.407 e. The summed E-state index contributed by atoms with van der Waals surface area (Å²) >= 11 is 1.34. The molecule has 3 rings (SSSR count). The summed E-state index contributed by atoms with van der Waals surface area (Å²) in [6.07, 6.45) is 2.74. The molecule has 10 heteroatoms. The number of benzene rings is 1. The Morgan fingerprint density at radius 2 is 1.79 bits per heavy atom. The SMILES string of the molecule is CC(C)(C)[Si](C)(C)OCC(=O)NNC(=O)C1CC(NC(=O)c2ncc(-c3ccccc3)s2)C1. The standard InChI is InChI=1S/C23H32N4O4SSi/c1-23(2,3)33(4,5)31-14-19(28)26-27-20(29)16-11-17(12-16)25-21(30)22-24-13-18(32-22)15-9-7-6-8-10-15/h6-10,13,16-17H,11-12,14H2,1-5H3,(H,25,30)(H,26,28)(H,27,29). The minimum atomic E-state index is -2.03. The first kappa shape index (κ1) is 25.1. The number of thiazole rings is 1. The second kappa shape index (κ2) is 10.1. The highest BCUT2D eigenvalue weighted by Gasteiger charge is 2.38. The summed E-state index contributed by atoms with van der Waals surface area (Å²) in [5, 5.41) is 3.33. The van der Waals surface area contributed by atoms with Crippen molar-refractivity contribution in [2.45, 2.75) is 57.8 Å². The average molecular weight is 489 g/mol. The van der Waals surface area contributed by atoms with Crippen LogP contribution in [0, 0.1) is 5.92 Å². The second-order valence-corrected chi connectivity index (χ2v) is 15.7. The highest BCUT2D eigenvalue weighted by Crippen LogP contribution is 2.36. The molecular weight excluding hydrogens is 456 g/mol. The molecule has 3 amide bonds. The molecule has 3 N–H and O–H groups in total. The summed E-state index contributed by atoms with van der Waals surface area (Å²) in [6.45, 7) is 10.3. The molecular formula is C23H32N4O4SSi. The Kier molecular flexibility index (Phi) is 7.71. The van der Waals surface area contributed by atoms with Gasteiger partial charge in [0.05, 0.1) is 4.88 Å². The van der Waals surface area contributed by atoms with Gasteiger partial charge in [0.1, 0.15) is 6.61 Å². The Hall–Kier alpha value is -2.56. The number of amides is 3. The van der Waals surface area contributed by atoms with Crippen LogP contribution < -0.4 is 16.2 Å². The summed E-state index contributed by atoms with van der Waals surface area (Å²) in [5.41, 5.74) is 5.90. The molecule has 8 nitrogen and oxygen atoms in total. The van der Waals surface area contributed by atoms with Crippen molar-refractivity contribution >= 4 is 37.4 Å². The fraction of sp³-hybridized carbons (Fsp3) is 0.478. The molecule has 2 aromatic rings. The number of carbonyl (C=O) groups is 3. The lowest BCUT2D eigenvalue weighted by molar-refractivity contribution is -0.134. The van der Waals surface area contributed by atoms with Gasteiger partial charge in [-0.15, -0.1) is 11.3 Å². The van der Waals surface area contributed by atoms with E-state index in [9.17, 15) is 14.4 Å². The van der Waals surface area contributed by atoms with Crippen molar-refractivity contribution in [2.24, 2.45) is 5.92 Å². The smallest absolute Gasteiger partial charge is 0.280 e. The van der Waals surface area contributed by atoms with Crippen molar-refractivity contribution in [3.8, 4) is 10.4 Å². The van der Waals surface area contributed by atoms with E-state index in [1.807, 2.05) is 30.3 Å². The van der Waals surface area contributed by atoms with E-state index in [4.69, 9.17) is 4.43 Å². The number of hydrogen-bond acceptors (Lipinski definition) is 6. The molecule has 178 valence electrons. The first-order chi connectivity index (χ1) is 15.5. The zero-order valence-electron chi connectivity index (χ0n) is 19.7. The van der Waals surface area contributed by atoms with Crippen molar-refractivity contribution < 1.29 is 18.8 Å². The van der Waals surface area contributed by atoms with Gasteiger partial charge >= 0.3 is 0 Å². The summed E-state index contributed by atoms with van der Waals surface area (Å²) in [7, 11) is -2.03. The highest BCUT2D eigenvalue weighted by molar-refractivity contribution is 7.17. The van der Waals surface area contributed by atoms with Crippen LogP contribution in [0.1, 0.15) is 43.4 Å². The molecule has 0 radical (unpaired) electrons. The van der Waals surface area contributed by atoms with Gasteiger partial charge in [-0.3, -0.25) is 25.2 Å². The van der Waals surface area contributed by atoms with Gasteiger partial charge < -0.3 is 9.74 Å². The van der Waals surface area contributed by atoms with Crippen molar-refractivity contribution in [1.29, 1.82) is 0 Å². The molecule has 1 heterocycles. The third kappa shape index (κ3) is 6.49. The second-order valence-electron chi connectivity index (χ2n) is 9.82. The molecule has 0 aliphatic heterocycles. The monoisotopic (exact) mass is 488 g/mol. The van der Waals surface area contributed by atoms with Gasteiger partial charge in [0, 0.05) is 18.2 Å². The maximum Gasteiger partial charge on any atom is 0.280 e. The van der Waals surface area contributed by atoms with Crippen molar-refractivity contribution in [1.82, 2.24) is 21.2 Å². The first-order valence-electron chi connectivity index (χ1n) is 11.0. The number of aromatic nitrogens is 1. The third-order valence-corrected chi connectivity index (χ3v) is 11.8. The van der Waals surface area contributed by atoms with E-state index in [0.717, 1.165) is 10.4 Å². The zero-order chi connectivity index (χ0) is 24.2. The van der Waals surface area contributed by atoms with Gasteiger partial charge in [-0.05, 0) is 36.5 Å². The lowest BCUT2D eigenvalue weighted by Gasteiger charge is -2.36. The van der Waals surface area contributed by atoms with Crippen LogP contribution in [0.4, 0.5) is 0 Å². The molecule has 0 spiro atoms. The normalized spacial score (nSPS) is 18.2. The summed E-state index contributed by atoms with van der Waals surface area (Å²) in [5.74, 6) is -1.13. The summed E-state index contributed by atoms with van der Waals surface area (Å²) in [6, 6.07) is 9.69. The third-order valence-electron chi connectivity index (χ3n) is 6.30. The van der Waals surface area contributed by atoms with Crippen molar-refractivity contribution in [3.05, 3.63) is 41.5 Å². The molecule has 0 atom stereocenters. The molecule has 1 saturated carbocycles. The lowest BCUT2D eigenvalue weighted by Crippen LogP contribution is -2.53. The van der Waals surface area contributed by atoms with Crippen molar-refractivity contribution in [2.75, 3.05) is 6.61 Å². The minimum Gasteiger partial charge on any atom is -0.407 e. The Balaban J connectivity index is 1.37. The van der Waals surface area contributed by atoms with Gasteiger partial charge in [0.2, 0.25) is 5.91 Å². The molecule has 1 aromatic heterocycles. The summed E-state index contributed by atoms with van der Waals surface area (Å²) < 4.78 is 5.84. The molecule has 1 aliphatic carbocycles. The Morgan fingerprint density at radius 1 is 1.12 bits per heavy atom. The van der Waals surface area contributed by atoms with E-state index in [1.54, 1.807) is 6.20 Å². The number of hydrogen-bond donors (Lipinski definition) is 3. The fourth-order valence-electron chi connectivity index (χ4n) is 3.04. The lowest BCUT2D eigenvalue weighted by atomic mass is 9.80. The van der Waals surface area contributed by atoms with E-state index in [0.29, 0.717) is 17.8 Å². The Morgan fingerprint density at radius 3 is 2.42 bits per heavy atom. The van der Waals surface area contributed by atoms with E-state index < -0.39 is 8.32 Å². The van der Waals surface area contributed by atoms with Crippen LogP contribution in [0.2, 0.25) is 18.1 Å². The van der Waals surface area contributed by atoms with Crippen LogP contribution in [0.5, 0.6) is 0 Å². The Bertz CT molecular complexity index is 997. The van der Waals surface area contributed by atoms with Crippen LogP contribution >= 0.6 is 11.3 Å². The van der Waals surface area contributed by atoms with Gasteiger partial charge in [0.15, 0.2) is 13.3 Å². The van der Waals surface area contributed by atoms with Gasteiger partial charge in [-0.1, -0.05) is 51.1 Å². The molecule has 0 unspecified atom stereocenters. The first-order valence-corrected chi connectivity index (χ1v) is 14.7. The summed E-state index contributed by atoms with van der Waals surface area (Å²) in [4.78, 5) is 41.9. The highest BCUT2D eigenvalue weighted by atomic mass is 32.1. The number of carbonyl (C=O) groups excluding carboxylic acids is 3. The molecule has 1 fully saturated rings. The van der Waals surface area contributed by atoms with Crippen LogP contribution in [-0.4, -0.2) is 43.7 Å². The van der Waals surface area contributed by atoms with Crippen LogP contribution in [0.3, 0.4) is 0 Å². The van der Waals surface area contributed by atoms with Crippen molar-refractivity contribution in [3.63, 3.8) is 0 Å². The number of rotatable bonds is 7. The molecule has 0 bridgehead atoms. The predicted octanol–water partition coefficient (Wildman–Crippen LogP) is 3.49. The maximum atomic E-state index is 12.5. The van der Waals surface area contributed by atoms with Crippen LogP contribution in [0.25, 0.3) is 10.4 Å². The van der Waals surface area contributed by atoms with Crippen LogP contribution in [0.15, 0.2) is 36.5 Å². The molecule has 0 saturated heterocycles. The van der Waals surface area contributed by atoms with Gasteiger partial charge in [-0.25, -0.2) is 4.98 Å². The molecule has 1 aromatic carbocycles. The maximum absolute atomic E-state index is 12.5. The van der Waals surface area contributed by atoms with Gasteiger partial charge in [0.25, 0.3) is 11.8 Å². The van der Waals surface area contributed by atoms with E-state index in [1.165, 1.54) is 11.3 Å². The number of nitrogens with zero attached hydrogens (tertiary/aromatic N) is 1. The minimum absolute atomic E-state index is 0.00362. The van der Waals surface area contributed by atoms with Crippen LogP contribution in [-0.2, 0) is 14.0 Å². The average Bonchev–Trinajstić information content (AvgIpc) is 3.23. The quantitative estimate of drug-likeness (QED) is 0.408. The topological polar surface area (TPSA) is 109 Å². The fourth-order valence-corrected chi connectivity index (χ4v) is 4.79. The number of hydrazine groups is 1. The van der Waals surface area contributed by atoms with E-state index >= 15 is 0 Å². The van der Waals surface area contributed by atoms with E-state index in [-0.39, 0.29) is 41.3 Å². The predicted molar refractivity (Wildman–Crippen MR) is 131 cm³/mol. The number of nitrogens with one attached hydrogen (secondary N) is 3. The zero-order valence-corrected chi connectivity index (χ0v) is 21.5. The molecule has 33 heavy (non-hydrogen) atoms. The Labute approximate surface area is 199 Å². The van der Waals surface area contributed by atoms with E-state index in [2.05, 4.69) is 55.0 Å².